The van der Waals surface area contributed by atoms with Crippen LogP contribution < -0.4 is 15.1 Å². The molecule has 56 heavy (non-hydrogen) atoms. The molecule has 3 aromatic rings. The molecular formula is C49H66O6Si. The number of hydrogen-bond acceptors (Lipinski definition) is 6. The molecule has 0 aromatic heterocycles. The first kappa shape index (κ1) is 43.4. The third-order valence-electron chi connectivity index (χ3n) is 11.9. The maximum Gasteiger partial charge on any atom is 0.338 e. The molecule has 1 spiro atoms. The normalized spacial score (nSPS) is 24.3. The summed E-state index contributed by atoms with van der Waals surface area (Å²) in [6.07, 6.45) is 14.1. The molecule has 0 bridgehead atoms. The number of allylic oxidation sites excluding steroid dienone is 5. The van der Waals surface area contributed by atoms with E-state index in [0.717, 1.165) is 61.0 Å². The first-order valence-electron chi connectivity index (χ1n) is 20.5. The second kappa shape index (κ2) is 18.7. The molecule has 2 fully saturated rings. The summed E-state index contributed by atoms with van der Waals surface area (Å²) in [6.45, 7) is 19.9. The Kier molecular flexibility index (Phi) is 14.5. The van der Waals surface area contributed by atoms with E-state index in [4.69, 9.17) is 23.4 Å². The number of carbonyl (C=O) groups is 1. The van der Waals surface area contributed by atoms with Gasteiger partial charge in [-0.1, -0.05) is 125 Å². The molecule has 2 aliphatic heterocycles. The van der Waals surface area contributed by atoms with E-state index in [1.54, 1.807) is 7.11 Å². The van der Waals surface area contributed by atoms with Crippen molar-refractivity contribution in [2.75, 3.05) is 14.2 Å². The van der Waals surface area contributed by atoms with Gasteiger partial charge in [0, 0.05) is 12.8 Å². The lowest BCUT2D eigenvalue weighted by atomic mass is 9.86. The van der Waals surface area contributed by atoms with Crippen molar-refractivity contribution in [3.63, 3.8) is 0 Å². The van der Waals surface area contributed by atoms with Gasteiger partial charge in [-0.25, -0.2) is 4.79 Å². The first-order chi connectivity index (χ1) is 26.6. The van der Waals surface area contributed by atoms with Crippen molar-refractivity contribution in [1.29, 1.82) is 0 Å². The Morgan fingerprint density at radius 2 is 1.61 bits per heavy atom. The lowest BCUT2D eigenvalue weighted by molar-refractivity contribution is -0.330. The number of rotatable bonds is 13. The molecule has 0 saturated carbocycles. The number of ether oxygens (including phenoxy) is 4. The Morgan fingerprint density at radius 1 is 0.964 bits per heavy atom. The summed E-state index contributed by atoms with van der Waals surface area (Å²) >= 11 is 0. The zero-order chi connectivity index (χ0) is 40.7. The van der Waals surface area contributed by atoms with E-state index in [2.05, 4.69) is 133 Å². The zero-order valence-electron chi connectivity index (χ0n) is 35.8. The van der Waals surface area contributed by atoms with Crippen molar-refractivity contribution in [3.8, 4) is 5.75 Å². The van der Waals surface area contributed by atoms with Crippen LogP contribution in [0.1, 0.15) is 115 Å². The molecule has 6 nitrogen and oxygen atoms in total. The van der Waals surface area contributed by atoms with E-state index in [-0.39, 0.29) is 29.3 Å². The fraction of sp³-hybridized carbons (Fsp3) is 0.490. The van der Waals surface area contributed by atoms with Crippen molar-refractivity contribution in [1.82, 2.24) is 0 Å². The fourth-order valence-corrected chi connectivity index (χ4v) is 13.4. The minimum Gasteiger partial charge on any atom is -0.496 e. The number of hydrogen-bond donors (Lipinski definition) is 0. The summed E-state index contributed by atoms with van der Waals surface area (Å²) in [5.74, 6) is 0.542. The molecule has 6 atom stereocenters. The van der Waals surface area contributed by atoms with E-state index in [1.165, 1.54) is 23.1 Å². The molecule has 0 aliphatic carbocycles. The van der Waals surface area contributed by atoms with Crippen LogP contribution in [0.5, 0.6) is 5.75 Å². The predicted octanol–water partition coefficient (Wildman–Crippen LogP) is 10.8. The molecule has 0 radical (unpaired) electrons. The van der Waals surface area contributed by atoms with E-state index < -0.39 is 14.1 Å². The van der Waals surface area contributed by atoms with Crippen LogP contribution in [0.4, 0.5) is 0 Å². The van der Waals surface area contributed by atoms with Crippen molar-refractivity contribution in [2.24, 2.45) is 11.8 Å². The predicted molar refractivity (Wildman–Crippen MR) is 232 cm³/mol. The average Bonchev–Trinajstić information content (AvgIpc) is 3.17. The number of aryl methyl sites for hydroxylation is 1. The van der Waals surface area contributed by atoms with Crippen LogP contribution in [0.25, 0.3) is 5.57 Å². The van der Waals surface area contributed by atoms with Gasteiger partial charge in [0.05, 0.1) is 38.1 Å². The highest BCUT2D eigenvalue weighted by molar-refractivity contribution is 6.99. The minimum absolute atomic E-state index is 0.0144. The van der Waals surface area contributed by atoms with E-state index in [0.29, 0.717) is 17.4 Å². The smallest absolute Gasteiger partial charge is 0.338 e. The monoisotopic (exact) mass is 778 g/mol. The highest BCUT2D eigenvalue weighted by Gasteiger charge is 2.54. The molecule has 302 valence electrons. The Bertz CT molecular complexity index is 1820. The lowest BCUT2D eigenvalue weighted by Crippen LogP contribution is -2.68. The summed E-state index contributed by atoms with van der Waals surface area (Å²) in [5, 5.41) is 2.48. The molecule has 6 unspecified atom stereocenters. The highest BCUT2D eigenvalue weighted by atomic mass is 28.4. The summed E-state index contributed by atoms with van der Waals surface area (Å²) in [5.41, 5.74) is 4.53. The Balaban J connectivity index is 1.35. The maximum atomic E-state index is 12.6. The van der Waals surface area contributed by atoms with Gasteiger partial charge >= 0.3 is 5.97 Å². The third-order valence-corrected chi connectivity index (χ3v) is 17.0. The van der Waals surface area contributed by atoms with Gasteiger partial charge in [-0.05, 0) is 109 Å². The van der Waals surface area contributed by atoms with Gasteiger partial charge in [0.1, 0.15) is 5.75 Å². The van der Waals surface area contributed by atoms with Crippen molar-refractivity contribution < 1.29 is 28.2 Å². The molecular weight excluding hydrogens is 713 g/mol. The second-order valence-electron chi connectivity index (χ2n) is 17.4. The summed E-state index contributed by atoms with van der Waals surface area (Å²) in [7, 11) is 0.284. The SMILES string of the molecule is COC(=O)c1cc(C)c(OC)cc1/C(C)=C/C=C/C(C)C/C(C)=C/CC1CC(O[Si](c2ccccc2)(c2ccccc2)C(C)(C)C)CC2(CCC(C)C(C)O2)O1. The Hall–Kier alpha value is -3.75. The Morgan fingerprint density at radius 3 is 2.18 bits per heavy atom. The highest BCUT2D eigenvalue weighted by Crippen LogP contribution is 2.45. The van der Waals surface area contributed by atoms with Crippen molar-refractivity contribution in [3.05, 3.63) is 119 Å². The van der Waals surface area contributed by atoms with Gasteiger partial charge in [0.25, 0.3) is 8.32 Å². The molecule has 0 N–H and O–H groups in total. The molecule has 7 heteroatoms. The summed E-state index contributed by atoms with van der Waals surface area (Å²) in [6, 6.07) is 25.7. The zero-order valence-corrected chi connectivity index (χ0v) is 36.8. The fourth-order valence-electron chi connectivity index (χ4n) is 8.72. The largest absolute Gasteiger partial charge is 0.496 e. The third kappa shape index (κ3) is 10.0. The van der Waals surface area contributed by atoms with Crippen LogP contribution in [0, 0.1) is 18.8 Å². The van der Waals surface area contributed by atoms with Crippen LogP contribution in [0.3, 0.4) is 0 Å². The number of carbonyl (C=O) groups excluding carboxylic acids is 1. The number of benzene rings is 3. The second-order valence-corrected chi connectivity index (χ2v) is 21.6. The van der Waals surface area contributed by atoms with Crippen molar-refractivity contribution >= 4 is 30.2 Å². The van der Waals surface area contributed by atoms with Gasteiger partial charge in [-0.2, -0.15) is 0 Å². The van der Waals surface area contributed by atoms with E-state index in [9.17, 15) is 4.79 Å². The average molecular weight is 779 g/mol. The van der Waals surface area contributed by atoms with Crippen LogP contribution in [0.15, 0.2) is 103 Å². The summed E-state index contributed by atoms with van der Waals surface area (Å²) in [4.78, 5) is 12.6. The summed E-state index contributed by atoms with van der Waals surface area (Å²) < 4.78 is 32.3. The quantitative estimate of drug-likeness (QED) is 0.0745. The molecule has 2 aliphatic rings. The standard InChI is InChI=1S/C49H66O6Si/c1-34(19-18-20-37(4)44-32-46(51-10)38(5)30-45(44)47(50)52-11)29-35(2)25-26-40-31-41(33-49(54-40)28-27-36(3)39(6)53-49)55-56(48(7,8)9,42-21-14-12-15-22-42)43-23-16-13-17-24-43/h12-25,30,32,34,36,39-41H,26-29,31,33H2,1-11H3/b19-18+,35-25+,37-20+. The minimum atomic E-state index is -2.77. The van der Waals surface area contributed by atoms with E-state index in [1.807, 2.05) is 26.0 Å². The van der Waals surface area contributed by atoms with E-state index >= 15 is 0 Å². The Labute approximate surface area is 338 Å². The molecule has 2 heterocycles. The maximum absolute atomic E-state index is 12.6. The lowest BCUT2D eigenvalue weighted by Gasteiger charge is -2.52. The number of methoxy groups -OCH3 is 2. The first-order valence-corrected chi connectivity index (χ1v) is 22.4. The van der Waals surface area contributed by atoms with Crippen LogP contribution in [-0.2, 0) is 18.6 Å². The topological polar surface area (TPSA) is 63.2 Å². The van der Waals surface area contributed by atoms with Crippen LogP contribution in [0.2, 0.25) is 5.04 Å². The van der Waals surface area contributed by atoms with Gasteiger partial charge in [-0.3, -0.25) is 0 Å². The van der Waals surface area contributed by atoms with Gasteiger partial charge in [-0.15, -0.1) is 0 Å². The van der Waals surface area contributed by atoms with Crippen molar-refractivity contribution in [2.45, 2.75) is 130 Å². The molecule has 2 saturated heterocycles. The van der Waals surface area contributed by atoms with Gasteiger partial charge in [0.15, 0.2) is 5.79 Å². The van der Waals surface area contributed by atoms with Gasteiger partial charge < -0.3 is 23.4 Å². The molecule has 5 rings (SSSR count). The van der Waals surface area contributed by atoms with Crippen LogP contribution in [-0.4, -0.2) is 52.6 Å². The number of esters is 1. The van der Waals surface area contributed by atoms with Gasteiger partial charge in [0.2, 0.25) is 0 Å². The van der Waals surface area contributed by atoms with Crippen LogP contribution >= 0.6 is 0 Å². The molecule has 3 aromatic carbocycles. The molecule has 0 amide bonds.